The SMILES string of the molecule is O=S(=O)(c1cccc(F)c1F)N1CCCCC1c1ncn[nH]1. The fourth-order valence-corrected chi connectivity index (χ4v) is 4.39. The number of aromatic nitrogens is 3. The second kappa shape index (κ2) is 5.73. The van der Waals surface area contributed by atoms with Gasteiger partial charge in [0.05, 0.1) is 6.04 Å². The Bertz CT molecular complexity index is 764. The molecule has 6 nitrogen and oxygen atoms in total. The molecule has 1 fully saturated rings. The predicted octanol–water partition coefficient (Wildman–Crippen LogP) is 2.00. The average molecular weight is 328 g/mol. The first-order chi connectivity index (χ1) is 10.5. The molecular weight excluding hydrogens is 314 g/mol. The van der Waals surface area contributed by atoms with Crippen LogP contribution in [0.2, 0.25) is 0 Å². The highest BCUT2D eigenvalue weighted by Crippen LogP contribution is 2.34. The summed E-state index contributed by atoms with van der Waals surface area (Å²) in [4.78, 5) is 3.34. The highest BCUT2D eigenvalue weighted by atomic mass is 32.2. The maximum Gasteiger partial charge on any atom is 0.246 e. The molecule has 22 heavy (non-hydrogen) atoms. The molecule has 0 amide bonds. The Morgan fingerprint density at radius 3 is 2.82 bits per heavy atom. The lowest BCUT2D eigenvalue weighted by atomic mass is 10.0. The number of piperidine rings is 1. The highest BCUT2D eigenvalue weighted by molar-refractivity contribution is 7.89. The predicted molar refractivity (Wildman–Crippen MR) is 73.2 cm³/mol. The number of rotatable bonds is 3. The zero-order valence-corrected chi connectivity index (χ0v) is 12.4. The average Bonchev–Trinajstić information content (AvgIpc) is 3.04. The quantitative estimate of drug-likeness (QED) is 0.934. The molecule has 118 valence electrons. The van der Waals surface area contributed by atoms with Gasteiger partial charge < -0.3 is 0 Å². The van der Waals surface area contributed by atoms with E-state index in [1.807, 2.05) is 0 Å². The summed E-state index contributed by atoms with van der Waals surface area (Å²) >= 11 is 0. The number of benzene rings is 1. The molecule has 3 rings (SSSR count). The molecule has 1 aromatic heterocycles. The summed E-state index contributed by atoms with van der Waals surface area (Å²) in [5.74, 6) is -2.14. The van der Waals surface area contributed by atoms with E-state index in [-0.39, 0.29) is 6.54 Å². The Labute approximate surface area is 126 Å². The molecule has 1 N–H and O–H groups in total. The Balaban J connectivity index is 2.04. The number of hydrogen-bond donors (Lipinski definition) is 1. The van der Waals surface area contributed by atoms with Crippen LogP contribution in [0.25, 0.3) is 0 Å². The van der Waals surface area contributed by atoms with E-state index in [0.29, 0.717) is 18.7 Å². The number of nitrogens with one attached hydrogen (secondary N) is 1. The van der Waals surface area contributed by atoms with Gasteiger partial charge in [0.15, 0.2) is 11.6 Å². The van der Waals surface area contributed by atoms with Crippen LogP contribution in [0, 0.1) is 11.6 Å². The number of aromatic amines is 1. The number of halogens is 2. The topological polar surface area (TPSA) is 79.0 Å². The molecule has 0 saturated carbocycles. The van der Waals surface area contributed by atoms with Gasteiger partial charge in [-0.05, 0) is 25.0 Å². The lowest BCUT2D eigenvalue weighted by molar-refractivity contribution is 0.246. The molecule has 0 radical (unpaired) electrons. The van der Waals surface area contributed by atoms with Crippen LogP contribution in [0.4, 0.5) is 8.78 Å². The second-order valence-electron chi connectivity index (χ2n) is 5.05. The molecule has 2 heterocycles. The molecule has 0 aliphatic carbocycles. The third-order valence-corrected chi connectivity index (χ3v) is 5.63. The summed E-state index contributed by atoms with van der Waals surface area (Å²) in [6.45, 7) is 0.226. The molecule has 0 bridgehead atoms. The van der Waals surface area contributed by atoms with E-state index in [0.717, 1.165) is 22.9 Å². The molecule has 1 unspecified atom stereocenters. The van der Waals surface area contributed by atoms with E-state index in [2.05, 4.69) is 15.2 Å². The Morgan fingerprint density at radius 1 is 1.27 bits per heavy atom. The first-order valence-corrected chi connectivity index (χ1v) is 8.27. The molecule has 0 spiro atoms. The van der Waals surface area contributed by atoms with Crippen LogP contribution < -0.4 is 0 Å². The van der Waals surface area contributed by atoms with Crippen molar-refractivity contribution in [2.45, 2.75) is 30.2 Å². The van der Waals surface area contributed by atoms with Crippen LogP contribution in [0.5, 0.6) is 0 Å². The van der Waals surface area contributed by atoms with Crippen molar-refractivity contribution in [3.8, 4) is 0 Å². The van der Waals surface area contributed by atoms with Gasteiger partial charge in [0, 0.05) is 6.54 Å². The van der Waals surface area contributed by atoms with Crippen molar-refractivity contribution in [3.63, 3.8) is 0 Å². The number of nitrogens with zero attached hydrogens (tertiary/aromatic N) is 3. The minimum atomic E-state index is -4.16. The number of sulfonamides is 1. The van der Waals surface area contributed by atoms with E-state index in [1.54, 1.807) is 0 Å². The van der Waals surface area contributed by atoms with Gasteiger partial charge in [-0.3, -0.25) is 5.10 Å². The van der Waals surface area contributed by atoms with Gasteiger partial charge >= 0.3 is 0 Å². The second-order valence-corrected chi connectivity index (χ2v) is 6.91. The minimum absolute atomic E-state index is 0.226. The standard InChI is InChI=1S/C13H14F2N4O2S/c14-9-4-3-6-11(12(9)15)22(20,21)19-7-2-1-5-10(19)13-16-8-17-18-13/h3-4,6,8,10H,1-2,5,7H2,(H,16,17,18). The summed E-state index contributed by atoms with van der Waals surface area (Å²) < 4.78 is 53.9. The van der Waals surface area contributed by atoms with Crippen LogP contribution in [0.15, 0.2) is 29.4 Å². The summed E-state index contributed by atoms with van der Waals surface area (Å²) in [5.41, 5.74) is 0. The van der Waals surface area contributed by atoms with Gasteiger partial charge in [0.25, 0.3) is 0 Å². The van der Waals surface area contributed by atoms with Gasteiger partial charge in [0.2, 0.25) is 10.0 Å². The van der Waals surface area contributed by atoms with Crippen molar-refractivity contribution in [2.24, 2.45) is 0 Å². The Hall–Kier alpha value is -1.87. The third-order valence-electron chi connectivity index (χ3n) is 3.71. The minimum Gasteiger partial charge on any atom is -0.262 e. The van der Waals surface area contributed by atoms with E-state index in [4.69, 9.17) is 0 Å². The van der Waals surface area contributed by atoms with Gasteiger partial charge in [-0.1, -0.05) is 12.5 Å². The number of H-pyrrole nitrogens is 1. The fraction of sp³-hybridized carbons (Fsp3) is 0.385. The maximum absolute atomic E-state index is 13.9. The van der Waals surface area contributed by atoms with Gasteiger partial charge in [-0.25, -0.2) is 22.2 Å². The van der Waals surface area contributed by atoms with E-state index in [9.17, 15) is 17.2 Å². The van der Waals surface area contributed by atoms with Crippen molar-refractivity contribution in [1.82, 2.24) is 19.5 Å². The van der Waals surface area contributed by atoms with Gasteiger partial charge in [-0.15, -0.1) is 0 Å². The molecule has 1 aliphatic heterocycles. The normalized spacial score (nSPS) is 20.2. The molecule has 1 saturated heterocycles. The van der Waals surface area contributed by atoms with Gasteiger partial charge in [0.1, 0.15) is 17.0 Å². The van der Waals surface area contributed by atoms with Crippen LogP contribution in [-0.2, 0) is 10.0 Å². The summed E-state index contributed by atoms with van der Waals surface area (Å²) in [5, 5.41) is 6.38. The molecule has 1 aliphatic rings. The highest BCUT2D eigenvalue weighted by Gasteiger charge is 2.37. The summed E-state index contributed by atoms with van der Waals surface area (Å²) in [6, 6.07) is 2.58. The molecule has 2 aromatic rings. The van der Waals surface area contributed by atoms with Crippen molar-refractivity contribution in [2.75, 3.05) is 6.54 Å². The van der Waals surface area contributed by atoms with Crippen molar-refractivity contribution < 1.29 is 17.2 Å². The van der Waals surface area contributed by atoms with E-state index in [1.165, 1.54) is 12.4 Å². The fourth-order valence-electron chi connectivity index (χ4n) is 2.65. The first kappa shape index (κ1) is 15.0. The lowest BCUT2D eigenvalue weighted by Gasteiger charge is -2.33. The van der Waals surface area contributed by atoms with Crippen molar-refractivity contribution in [3.05, 3.63) is 42.0 Å². The van der Waals surface area contributed by atoms with E-state index >= 15 is 0 Å². The zero-order chi connectivity index (χ0) is 15.7. The van der Waals surface area contributed by atoms with E-state index < -0.39 is 32.6 Å². The molecular formula is C13H14F2N4O2S. The van der Waals surface area contributed by atoms with Crippen LogP contribution in [0.3, 0.4) is 0 Å². The summed E-state index contributed by atoms with van der Waals surface area (Å²) in [7, 11) is -4.16. The largest absolute Gasteiger partial charge is 0.262 e. The van der Waals surface area contributed by atoms with Crippen LogP contribution >= 0.6 is 0 Å². The monoisotopic (exact) mass is 328 g/mol. The van der Waals surface area contributed by atoms with Crippen molar-refractivity contribution in [1.29, 1.82) is 0 Å². The smallest absolute Gasteiger partial charge is 0.246 e. The Kier molecular flexibility index (Phi) is 3.92. The molecule has 9 heteroatoms. The van der Waals surface area contributed by atoms with Crippen molar-refractivity contribution >= 4 is 10.0 Å². The maximum atomic E-state index is 13.9. The summed E-state index contributed by atoms with van der Waals surface area (Å²) in [6.07, 6.45) is 3.31. The zero-order valence-electron chi connectivity index (χ0n) is 11.5. The van der Waals surface area contributed by atoms with Crippen LogP contribution in [-0.4, -0.2) is 34.4 Å². The third kappa shape index (κ3) is 2.50. The van der Waals surface area contributed by atoms with Crippen LogP contribution in [0.1, 0.15) is 31.1 Å². The molecule has 1 atom stereocenters. The number of hydrogen-bond acceptors (Lipinski definition) is 4. The first-order valence-electron chi connectivity index (χ1n) is 6.83. The molecule has 1 aromatic carbocycles. The Morgan fingerprint density at radius 2 is 2.09 bits per heavy atom. The van der Waals surface area contributed by atoms with Gasteiger partial charge in [-0.2, -0.15) is 9.40 Å². The lowest BCUT2D eigenvalue weighted by Crippen LogP contribution is -2.39.